The van der Waals surface area contributed by atoms with Crippen LogP contribution in [0.5, 0.6) is 5.75 Å². The molecule has 1 aliphatic rings. The third kappa shape index (κ3) is 3.85. The number of esters is 1. The van der Waals surface area contributed by atoms with Crippen LogP contribution in [0.15, 0.2) is 18.2 Å². The van der Waals surface area contributed by atoms with Gasteiger partial charge in [0.05, 0.1) is 5.52 Å². The smallest absolute Gasteiger partial charge is 0.322 e. The highest BCUT2D eigenvalue weighted by molar-refractivity contribution is 6.31. The van der Waals surface area contributed by atoms with E-state index in [1.54, 1.807) is 18.2 Å². The van der Waals surface area contributed by atoms with Crippen LogP contribution in [0.4, 0.5) is 0 Å². The van der Waals surface area contributed by atoms with Crippen molar-refractivity contribution in [3.05, 3.63) is 28.9 Å². The summed E-state index contributed by atoms with van der Waals surface area (Å²) in [5.41, 5.74) is 0.785. The van der Waals surface area contributed by atoms with Crippen molar-refractivity contribution >= 4 is 40.2 Å². The molecule has 0 bridgehead atoms. The maximum atomic E-state index is 12.9. The van der Waals surface area contributed by atoms with Gasteiger partial charge in [-0.3, -0.25) is 14.4 Å². The largest absolute Gasteiger partial charge is 0.481 e. The first kappa shape index (κ1) is 17.5. The molecule has 2 aromatic rings. The first-order valence-electron chi connectivity index (χ1n) is 8.23. The Morgan fingerprint density at radius 3 is 2.60 bits per heavy atom. The second-order valence-electron chi connectivity index (χ2n) is 6.26. The van der Waals surface area contributed by atoms with Gasteiger partial charge >= 0.3 is 11.9 Å². The predicted molar refractivity (Wildman–Crippen MR) is 92.1 cm³/mol. The molecular formula is C18H18ClNO5. The number of carboxylic acids is 1. The summed E-state index contributed by atoms with van der Waals surface area (Å²) in [5, 5.41) is 9.76. The van der Waals surface area contributed by atoms with Crippen molar-refractivity contribution in [1.29, 1.82) is 0 Å². The molecule has 0 atom stereocenters. The standard InChI is InChI=1S/C18H18ClNO5/c19-11-6-7-12-13(8-11)20-16(17(24)10-4-2-1-3-5-10)18(12)25-15(23)9-14(21)22/h6-8,10,20H,1-5,9H2,(H,21,22). The Hall–Kier alpha value is -2.34. The van der Waals surface area contributed by atoms with Crippen LogP contribution < -0.4 is 4.74 Å². The molecule has 0 amide bonds. The van der Waals surface area contributed by atoms with Crippen LogP contribution in [0, 0.1) is 5.92 Å². The van der Waals surface area contributed by atoms with E-state index in [0.717, 1.165) is 32.1 Å². The average molecular weight is 364 g/mol. The van der Waals surface area contributed by atoms with Gasteiger partial charge in [-0.25, -0.2) is 0 Å². The number of carbonyl (C=O) groups is 3. The molecule has 1 saturated carbocycles. The summed E-state index contributed by atoms with van der Waals surface area (Å²) in [6, 6.07) is 4.92. The number of nitrogens with one attached hydrogen (secondary N) is 1. The number of Topliss-reactive ketones (excluding diaryl/α,β-unsaturated/α-hetero) is 1. The van der Waals surface area contributed by atoms with E-state index in [1.165, 1.54) is 0 Å². The van der Waals surface area contributed by atoms with Gasteiger partial charge in [0.15, 0.2) is 11.5 Å². The minimum Gasteiger partial charge on any atom is -0.481 e. The number of benzene rings is 1. The maximum Gasteiger partial charge on any atom is 0.322 e. The molecule has 0 radical (unpaired) electrons. The quantitative estimate of drug-likeness (QED) is 0.476. The van der Waals surface area contributed by atoms with Crippen LogP contribution >= 0.6 is 11.6 Å². The molecule has 0 unspecified atom stereocenters. The van der Waals surface area contributed by atoms with Gasteiger partial charge in [-0.05, 0) is 31.0 Å². The predicted octanol–water partition coefficient (Wildman–Crippen LogP) is 3.96. The highest BCUT2D eigenvalue weighted by Gasteiger charge is 2.29. The number of ketones is 1. The number of aromatic amines is 1. The van der Waals surface area contributed by atoms with Crippen LogP contribution in [0.25, 0.3) is 10.9 Å². The van der Waals surface area contributed by atoms with Crippen molar-refractivity contribution in [1.82, 2.24) is 4.98 Å². The van der Waals surface area contributed by atoms with Crippen molar-refractivity contribution in [3.63, 3.8) is 0 Å². The summed E-state index contributed by atoms with van der Waals surface area (Å²) in [6.07, 6.45) is 3.95. The van der Waals surface area contributed by atoms with Gasteiger partial charge in [0, 0.05) is 16.3 Å². The van der Waals surface area contributed by atoms with Gasteiger partial charge in [0.2, 0.25) is 0 Å². The Morgan fingerprint density at radius 1 is 1.20 bits per heavy atom. The van der Waals surface area contributed by atoms with E-state index < -0.39 is 18.4 Å². The molecule has 7 heteroatoms. The highest BCUT2D eigenvalue weighted by Crippen LogP contribution is 2.36. The van der Waals surface area contributed by atoms with Gasteiger partial charge < -0.3 is 14.8 Å². The fourth-order valence-corrected chi connectivity index (χ4v) is 3.44. The summed E-state index contributed by atoms with van der Waals surface area (Å²) < 4.78 is 5.25. The van der Waals surface area contributed by atoms with E-state index >= 15 is 0 Å². The third-order valence-electron chi connectivity index (χ3n) is 4.45. The second-order valence-corrected chi connectivity index (χ2v) is 6.70. The molecule has 1 fully saturated rings. The number of carbonyl (C=O) groups excluding carboxylic acids is 2. The number of aromatic nitrogens is 1. The van der Waals surface area contributed by atoms with E-state index in [1.807, 2.05) is 0 Å². The molecule has 1 aliphatic carbocycles. The Labute approximate surface area is 149 Å². The van der Waals surface area contributed by atoms with E-state index in [0.29, 0.717) is 15.9 Å². The van der Waals surface area contributed by atoms with Gasteiger partial charge in [-0.1, -0.05) is 30.9 Å². The third-order valence-corrected chi connectivity index (χ3v) is 4.68. The van der Waals surface area contributed by atoms with E-state index in [-0.39, 0.29) is 23.1 Å². The van der Waals surface area contributed by atoms with Crippen LogP contribution in [-0.4, -0.2) is 27.8 Å². The zero-order valence-electron chi connectivity index (χ0n) is 13.5. The summed E-state index contributed by atoms with van der Waals surface area (Å²) in [6.45, 7) is 0. The molecular weight excluding hydrogens is 346 g/mol. The Balaban J connectivity index is 2.00. The van der Waals surface area contributed by atoms with Crippen molar-refractivity contribution in [2.45, 2.75) is 38.5 Å². The molecule has 25 heavy (non-hydrogen) atoms. The van der Waals surface area contributed by atoms with Crippen molar-refractivity contribution in [3.8, 4) is 5.75 Å². The molecule has 6 nitrogen and oxygen atoms in total. The van der Waals surface area contributed by atoms with Gasteiger partial charge in [0.25, 0.3) is 0 Å². The van der Waals surface area contributed by atoms with Gasteiger partial charge in [0.1, 0.15) is 12.1 Å². The minimum absolute atomic E-state index is 0.0912. The van der Waals surface area contributed by atoms with E-state index in [4.69, 9.17) is 21.4 Å². The molecule has 2 N–H and O–H groups in total. The number of fused-ring (bicyclic) bond motifs is 1. The summed E-state index contributed by atoms with van der Waals surface area (Å²) in [7, 11) is 0. The first-order valence-corrected chi connectivity index (χ1v) is 8.61. The van der Waals surface area contributed by atoms with Crippen molar-refractivity contribution in [2.24, 2.45) is 5.92 Å². The lowest BCUT2D eigenvalue weighted by Gasteiger charge is -2.20. The van der Waals surface area contributed by atoms with Crippen LogP contribution in [0.2, 0.25) is 5.02 Å². The Kier molecular flexibility index (Phi) is 5.08. The SMILES string of the molecule is O=C(O)CC(=O)Oc1c(C(=O)C2CCCCC2)[nH]c2cc(Cl)ccc12. The van der Waals surface area contributed by atoms with E-state index in [9.17, 15) is 14.4 Å². The van der Waals surface area contributed by atoms with Gasteiger partial charge in [-0.2, -0.15) is 0 Å². The fraction of sp³-hybridized carbons (Fsp3) is 0.389. The Bertz CT molecular complexity index is 835. The topological polar surface area (TPSA) is 96.5 Å². The van der Waals surface area contributed by atoms with Crippen molar-refractivity contribution in [2.75, 3.05) is 0 Å². The monoisotopic (exact) mass is 363 g/mol. The molecule has 3 rings (SSSR count). The molecule has 0 spiro atoms. The number of carboxylic acid groups (broad SMARTS) is 1. The average Bonchev–Trinajstić information content (AvgIpc) is 2.91. The van der Waals surface area contributed by atoms with Crippen LogP contribution in [-0.2, 0) is 9.59 Å². The molecule has 1 heterocycles. The number of ether oxygens (including phenoxy) is 1. The molecule has 1 aromatic carbocycles. The lowest BCUT2D eigenvalue weighted by Crippen LogP contribution is -2.20. The number of H-pyrrole nitrogens is 1. The molecule has 1 aromatic heterocycles. The summed E-state index contributed by atoms with van der Waals surface area (Å²) in [4.78, 5) is 38.5. The lowest BCUT2D eigenvalue weighted by molar-refractivity contribution is -0.145. The summed E-state index contributed by atoms with van der Waals surface area (Å²) >= 11 is 5.99. The summed E-state index contributed by atoms with van der Waals surface area (Å²) in [5.74, 6) is -2.33. The first-order chi connectivity index (χ1) is 12.0. The Morgan fingerprint density at radius 2 is 1.92 bits per heavy atom. The van der Waals surface area contributed by atoms with Crippen molar-refractivity contribution < 1.29 is 24.2 Å². The molecule has 0 aliphatic heterocycles. The molecule has 132 valence electrons. The zero-order valence-corrected chi connectivity index (χ0v) is 14.3. The number of aliphatic carboxylic acids is 1. The second kappa shape index (κ2) is 7.27. The van der Waals surface area contributed by atoms with Gasteiger partial charge in [-0.15, -0.1) is 0 Å². The lowest BCUT2D eigenvalue weighted by atomic mass is 9.85. The zero-order chi connectivity index (χ0) is 18.0. The van der Waals surface area contributed by atoms with E-state index in [2.05, 4.69) is 4.98 Å². The van der Waals surface area contributed by atoms with Crippen LogP contribution in [0.3, 0.4) is 0 Å². The highest BCUT2D eigenvalue weighted by atomic mass is 35.5. The number of rotatable bonds is 5. The normalized spacial score (nSPS) is 15.2. The number of halogens is 1. The maximum absolute atomic E-state index is 12.9. The fourth-order valence-electron chi connectivity index (χ4n) is 3.27. The minimum atomic E-state index is -1.28. The number of hydrogen-bond acceptors (Lipinski definition) is 4. The van der Waals surface area contributed by atoms with Crippen LogP contribution in [0.1, 0.15) is 49.0 Å². The number of hydrogen-bond donors (Lipinski definition) is 2. The molecule has 0 saturated heterocycles.